The molecule has 0 bridgehead atoms. The van der Waals surface area contributed by atoms with Gasteiger partial charge in [-0.15, -0.1) is 0 Å². The van der Waals surface area contributed by atoms with E-state index in [9.17, 15) is 0 Å². The Morgan fingerprint density at radius 3 is 1.47 bits per heavy atom. The van der Waals surface area contributed by atoms with Gasteiger partial charge in [0.05, 0.1) is 33.3 Å². The summed E-state index contributed by atoms with van der Waals surface area (Å²) in [6.07, 6.45) is 0. The molecule has 0 fully saturated rings. The minimum absolute atomic E-state index is 0.205. The lowest BCUT2D eigenvalue weighted by molar-refractivity contribution is -0.0586. The van der Waals surface area contributed by atoms with Crippen LogP contribution < -0.4 is 0 Å². The highest BCUT2D eigenvalue weighted by molar-refractivity contribution is 6.52. The Bertz CT molecular complexity index is 369. The number of hydrogen-bond donors (Lipinski definition) is 0. The minimum Gasteiger partial charge on any atom is -0.351 e. The third-order valence-corrected chi connectivity index (χ3v) is 4.01. The third kappa shape index (κ3) is 2.07. The van der Waals surface area contributed by atoms with Crippen LogP contribution in [0.1, 0.15) is 11.1 Å². The molecule has 0 saturated heterocycles. The van der Waals surface area contributed by atoms with Crippen molar-refractivity contribution < 1.29 is 9.47 Å². The standard InChI is InChI=1S/C9H6Cl4O2/c10-6-4-1-14-3-15-2-5(4)7(11)9(13)8(6)12/h1-3H2. The van der Waals surface area contributed by atoms with Gasteiger partial charge in [0.25, 0.3) is 0 Å². The number of ether oxygens (including phenoxy) is 2. The molecule has 6 heteroatoms. The van der Waals surface area contributed by atoms with E-state index in [0.717, 1.165) is 11.1 Å². The summed E-state index contributed by atoms with van der Waals surface area (Å²) in [5, 5.41) is 1.28. The Hall–Kier alpha value is 0.300. The summed E-state index contributed by atoms with van der Waals surface area (Å²) < 4.78 is 10.4. The van der Waals surface area contributed by atoms with Crippen LogP contribution in [0.3, 0.4) is 0 Å². The van der Waals surface area contributed by atoms with Crippen LogP contribution in [-0.4, -0.2) is 6.79 Å². The molecule has 1 aliphatic heterocycles. The third-order valence-electron chi connectivity index (χ3n) is 2.13. The van der Waals surface area contributed by atoms with E-state index in [1.807, 2.05) is 0 Å². The van der Waals surface area contributed by atoms with Crippen LogP contribution in [0.2, 0.25) is 20.1 Å². The number of benzene rings is 1. The van der Waals surface area contributed by atoms with Crippen LogP contribution in [0.5, 0.6) is 0 Å². The molecule has 1 aromatic carbocycles. The second kappa shape index (κ2) is 4.66. The lowest BCUT2D eigenvalue weighted by Gasteiger charge is -2.12. The maximum Gasteiger partial charge on any atom is 0.147 e. The Morgan fingerprint density at radius 2 is 1.07 bits per heavy atom. The molecule has 0 saturated carbocycles. The molecule has 82 valence electrons. The smallest absolute Gasteiger partial charge is 0.147 e. The topological polar surface area (TPSA) is 18.5 Å². The van der Waals surface area contributed by atoms with Crippen LogP contribution in [0.25, 0.3) is 0 Å². The number of fused-ring (bicyclic) bond motifs is 1. The van der Waals surface area contributed by atoms with E-state index in [2.05, 4.69) is 0 Å². The van der Waals surface area contributed by atoms with E-state index >= 15 is 0 Å². The van der Waals surface area contributed by atoms with Gasteiger partial charge in [-0.25, -0.2) is 0 Å². The largest absolute Gasteiger partial charge is 0.351 e. The van der Waals surface area contributed by atoms with Crippen LogP contribution in [0.15, 0.2) is 0 Å². The van der Waals surface area contributed by atoms with Crippen LogP contribution in [0, 0.1) is 0 Å². The van der Waals surface area contributed by atoms with Crippen molar-refractivity contribution in [1.82, 2.24) is 0 Å². The predicted molar refractivity (Wildman–Crippen MR) is 60.9 cm³/mol. The zero-order valence-corrected chi connectivity index (χ0v) is 10.5. The van der Waals surface area contributed by atoms with Gasteiger partial charge >= 0.3 is 0 Å². The van der Waals surface area contributed by atoms with Crippen molar-refractivity contribution in [3.05, 3.63) is 31.2 Å². The molecule has 1 aliphatic rings. The number of rotatable bonds is 0. The Labute approximate surface area is 107 Å². The summed E-state index contributed by atoms with van der Waals surface area (Å²) in [5.74, 6) is 0. The molecule has 0 spiro atoms. The molecule has 0 N–H and O–H groups in total. The van der Waals surface area contributed by atoms with Gasteiger partial charge < -0.3 is 9.47 Å². The zero-order valence-electron chi connectivity index (χ0n) is 7.45. The molecule has 1 aromatic rings. The molecular formula is C9H6Cl4O2. The normalized spacial score (nSPS) is 16.0. The second-order valence-electron chi connectivity index (χ2n) is 3.03. The Morgan fingerprint density at radius 1 is 0.667 bits per heavy atom. The second-order valence-corrected chi connectivity index (χ2v) is 4.54. The minimum atomic E-state index is 0.205. The highest BCUT2D eigenvalue weighted by Crippen LogP contribution is 2.42. The molecule has 0 aromatic heterocycles. The van der Waals surface area contributed by atoms with Crippen molar-refractivity contribution in [2.24, 2.45) is 0 Å². The summed E-state index contributed by atoms with van der Waals surface area (Å²) >= 11 is 24.0. The van der Waals surface area contributed by atoms with E-state index in [4.69, 9.17) is 55.9 Å². The lowest BCUT2D eigenvalue weighted by atomic mass is 10.1. The summed E-state index contributed by atoms with van der Waals surface area (Å²) in [4.78, 5) is 0. The van der Waals surface area contributed by atoms with Crippen LogP contribution in [-0.2, 0) is 22.7 Å². The molecular weight excluding hydrogens is 282 g/mol. The van der Waals surface area contributed by atoms with Gasteiger partial charge in [-0.1, -0.05) is 46.4 Å². The first kappa shape index (κ1) is 11.8. The molecule has 2 nitrogen and oxygen atoms in total. The molecule has 0 amide bonds. The maximum absolute atomic E-state index is 6.05. The summed E-state index contributed by atoms with van der Waals surface area (Å²) in [7, 11) is 0. The first-order valence-corrected chi connectivity index (χ1v) is 5.63. The predicted octanol–water partition coefficient (Wildman–Crippen LogP) is 4.30. The fraction of sp³-hybridized carbons (Fsp3) is 0.333. The fourth-order valence-corrected chi connectivity index (χ4v) is 2.41. The van der Waals surface area contributed by atoms with Gasteiger partial charge in [-0.2, -0.15) is 0 Å². The van der Waals surface area contributed by atoms with E-state index in [1.165, 1.54) is 0 Å². The van der Waals surface area contributed by atoms with Gasteiger partial charge in [0, 0.05) is 11.1 Å². The maximum atomic E-state index is 6.05. The van der Waals surface area contributed by atoms with Gasteiger partial charge in [0.1, 0.15) is 6.79 Å². The highest BCUT2D eigenvalue weighted by atomic mass is 35.5. The first-order valence-electron chi connectivity index (χ1n) is 4.12. The number of halogens is 4. The van der Waals surface area contributed by atoms with Gasteiger partial charge in [0.2, 0.25) is 0 Å². The SMILES string of the molecule is Clc1c(Cl)c(Cl)c2c(c1Cl)COCOC2. The average molecular weight is 288 g/mol. The first-order chi connectivity index (χ1) is 7.13. The fourth-order valence-electron chi connectivity index (χ4n) is 1.37. The molecule has 0 atom stereocenters. The number of hydrogen-bond acceptors (Lipinski definition) is 2. The highest BCUT2D eigenvalue weighted by Gasteiger charge is 2.21. The summed E-state index contributed by atoms with van der Waals surface area (Å²) in [5.41, 5.74) is 1.49. The molecule has 2 rings (SSSR count). The van der Waals surface area contributed by atoms with Crippen LogP contribution in [0.4, 0.5) is 0 Å². The quantitative estimate of drug-likeness (QED) is 0.523. The van der Waals surface area contributed by atoms with E-state index in [0.29, 0.717) is 23.3 Å². The van der Waals surface area contributed by atoms with Crippen molar-refractivity contribution in [3.63, 3.8) is 0 Å². The summed E-state index contributed by atoms with van der Waals surface area (Å²) in [6.45, 7) is 0.853. The molecule has 0 aliphatic carbocycles. The molecule has 15 heavy (non-hydrogen) atoms. The van der Waals surface area contributed by atoms with E-state index in [1.54, 1.807) is 0 Å². The van der Waals surface area contributed by atoms with Crippen molar-refractivity contribution >= 4 is 46.4 Å². The summed E-state index contributed by atoms with van der Waals surface area (Å²) in [6, 6.07) is 0. The van der Waals surface area contributed by atoms with E-state index < -0.39 is 0 Å². The van der Waals surface area contributed by atoms with Crippen molar-refractivity contribution in [2.45, 2.75) is 13.2 Å². The average Bonchev–Trinajstić information content (AvgIpc) is 2.48. The van der Waals surface area contributed by atoms with Crippen LogP contribution >= 0.6 is 46.4 Å². The van der Waals surface area contributed by atoms with E-state index in [-0.39, 0.29) is 16.8 Å². The van der Waals surface area contributed by atoms with Gasteiger partial charge in [-0.05, 0) is 0 Å². The van der Waals surface area contributed by atoms with Gasteiger partial charge in [0.15, 0.2) is 0 Å². The van der Waals surface area contributed by atoms with Gasteiger partial charge in [-0.3, -0.25) is 0 Å². The Kier molecular flexibility index (Phi) is 3.66. The lowest BCUT2D eigenvalue weighted by Crippen LogP contribution is -1.96. The molecule has 1 heterocycles. The van der Waals surface area contributed by atoms with Crippen molar-refractivity contribution in [2.75, 3.05) is 6.79 Å². The zero-order chi connectivity index (χ0) is 11.0. The molecule has 0 radical (unpaired) electrons. The Balaban J connectivity index is 2.66. The monoisotopic (exact) mass is 286 g/mol. The molecule has 0 unspecified atom stereocenters. The van der Waals surface area contributed by atoms with Crippen molar-refractivity contribution in [1.29, 1.82) is 0 Å². The van der Waals surface area contributed by atoms with Crippen molar-refractivity contribution in [3.8, 4) is 0 Å².